The van der Waals surface area contributed by atoms with Gasteiger partial charge in [-0.05, 0) is 48.5 Å². The average molecular weight is 384 g/mol. The summed E-state index contributed by atoms with van der Waals surface area (Å²) in [7, 11) is 0. The van der Waals surface area contributed by atoms with E-state index < -0.39 is 0 Å². The average Bonchev–Trinajstić information content (AvgIpc) is 2.55. The molecule has 138 valence electrons. The van der Waals surface area contributed by atoms with Crippen molar-refractivity contribution in [2.45, 2.75) is 26.8 Å². The zero-order valence-corrected chi connectivity index (χ0v) is 16.3. The van der Waals surface area contributed by atoms with E-state index in [4.69, 9.17) is 5.73 Å². The van der Waals surface area contributed by atoms with Gasteiger partial charge in [0.2, 0.25) is 5.91 Å². The van der Waals surface area contributed by atoms with Gasteiger partial charge in [-0.2, -0.15) is 0 Å². The molecule has 2 aromatic rings. The number of hydrogen-bond acceptors (Lipinski definition) is 3. The van der Waals surface area contributed by atoms with E-state index in [9.17, 15) is 4.79 Å². The fourth-order valence-corrected chi connectivity index (χ4v) is 2.48. The van der Waals surface area contributed by atoms with Crippen LogP contribution in [-0.2, 0) is 17.8 Å². The lowest BCUT2D eigenvalue weighted by Crippen LogP contribution is -2.22. The van der Waals surface area contributed by atoms with Gasteiger partial charge >= 0.3 is 0 Å². The van der Waals surface area contributed by atoms with Gasteiger partial charge in [0.25, 0.3) is 0 Å². The van der Waals surface area contributed by atoms with E-state index in [1.165, 1.54) is 5.56 Å². The molecule has 0 saturated heterocycles. The monoisotopic (exact) mass is 383 g/mol. The first-order valence-electron chi connectivity index (χ1n) is 8.06. The molecule has 3 N–H and O–H groups in total. The molecule has 0 aliphatic heterocycles. The quantitative estimate of drug-likeness (QED) is 0.706. The van der Waals surface area contributed by atoms with Gasteiger partial charge in [-0.25, -0.2) is 0 Å². The number of nitrogens with zero attached hydrogens (tertiary/aromatic N) is 1. The topological polar surface area (TPSA) is 58.4 Å². The zero-order valence-electron chi connectivity index (χ0n) is 14.7. The Balaban J connectivity index is 0.00000288. The van der Waals surface area contributed by atoms with Crippen molar-refractivity contribution < 1.29 is 4.79 Å². The number of anilines is 2. The molecule has 0 fully saturated rings. The van der Waals surface area contributed by atoms with Gasteiger partial charge in [0.05, 0.1) is 6.42 Å². The summed E-state index contributed by atoms with van der Waals surface area (Å²) < 4.78 is 0. The first-order chi connectivity index (χ1) is 11.1. The maximum atomic E-state index is 12.2. The third kappa shape index (κ3) is 7.78. The maximum absolute atomic E-state index is 12.2. The Hall–Kier alpha value is -1.75. The Kier molecular flexibility index (Phi) is 10.9. The molecular formula is C19H27Cl2N3O. The van der Waals surface area contributed by atoms with Crippen LogP contribution in [-0.4, -0.2) is 23.9 Å². The van der Waals surface area contributed by atoms with Gasteiger partial charge in [0, 0.05) is 17.9 Å². The van der Waals surface area contributed by atoms with Crippen LogP contribution in [0.25, 0.3) is 0 Å². The second-order valence-corrected chi connectivity index (χ2v) is 5.63. The predicted molar refractivity (Wildman–Crippen MR) is 111 cm³/mol. The number of carbonyl (C=O) groups is 1. The highest BCUT2D eigenvalue weighted by Gasteiger charge is 2.06. The molecule has 6 heteroatoms. The second-order valence-electron chi connectivity index (χ2n) is 5.63. The smallest absolute Gasteiger partial charge is 0.228 e. The summed E-state index contributed by atoms with van der Waals surface area (Å²) >= 11 is 0. The number of halogens is 2. The number of nitrogen functional groups attached to an aromatic ring is 1. The van der Waals surface area contributed by atoms with Crippen molar-refractivity contribution in [1.82, 2.24) is 4.90 Å². The SMILES string of the molecule is CCN(CC)Cc1cccc(NC(=O)Cc2ccc(N)cc2)c1.Cl.Cl. The molecule has 0 aliphatic rings. The van der Waals surface area contributed by atoms with E-state index in [0.717, 1.165) is 30.9 Å². The molecule has 0 bridgehead atoms. The van der Waals surface area contributed by atoms with Crippen LogP contribution in [0.1, 0.15) is 25.0 Å². The first kappa shape index (κ1) is 23.2. The molecule has 0 unspecified atom stereocenters. The maximum Gasteiger partial charge on any atom is 0.228 e. The number of rotatable bonds is 7. The van der Waals surface area contributed by atoms with Crippen LogP contribution in [0, 0.1) is 0 Å². The molecule has 1 amide bonds. The Labute approximate surface area is 162 Å². The van der Waals surface area contributed by atoms with Crippen LogP contribution < -0.4 is 11.1 Å². The van der Waals surface area contributed by atoms with E-state index in [2.05, 4.69) is 30.1 Å². The minimum atomic E-state index is -0.0187. The molecule has 25 heavy (non-hydrogen) atoms. The molecule has 0 radical (unpaired) electrons. The standard InChI is InChI=1S/C19H25N3O.2ClH/c1-3-22(4-2)14-16-6-5-7-18(12-16)21-19(23)13-15-8-10-17(20)11-9-15;;/h5-12H,3-4,13-14,20H2,1-2H3,(H,21,23);2*1H. The molecule has 4 nitrogen and oxygen atoms in total. The Bertz CT molecular complexity index is 643. The minimum absolute atomic E-state index is 0. The normalized spacial score (nSPS) is 9.88. The fourth-order valence-electron chi connectivity index (χ4n) is 2.48. The van der Waals surface area contributed by atoms with E-state index in [1.54, 1.807) is 0 Å². The van der Waals surface area contributed by atoms with Gasteiger partial charge < -0.3 is 11.1 Å². The van der Waals surface area contributed by atoms with Gasteiger partial charge in [-0.1, -0.05) is 38.1 Å². The lowest BCUT2D eigenvalue weighted by Gasteiger charge is -2.18. The second kappa shape index (κ2) is 11.7. The van der Waals surface area contributed by atoms with Gasteiger partial charge in [0.15, 0.2) is 0 Å². The molecule has 0 saturated carbocycles. The molecule has 0 spiro atoms. The summed E-state index contributed by atoms with van der Waals surface area (Å²) in [4.78, 5) is 14.5. The van der Waals surface area contributed by atoms with Crippen molar-refractivity contribution >= 4 is 42.1 Å². The Morgan fingerprint density at radius 1 is 1.00 bits per heavy atom. The molecule has 2 rings (SSSR count). The van der Waals surface area contributed by atoms with E-state index in [0.29, 0.717) is 12.1 Å². The molecule has 0 heterocycles. The molecule has 0 atom stereocenters. The largest absolute Gasteiger partial charge is 0.399 e. The summed E-state index contributed by atoms with van der Waals surface area (Å²) in [6.45, 7) is 7.24. The van der Waals surface area contributed by atoms with Crippen molar-refractivity contribution in [2.75, 3.05) is 24.1 Å². The van der Waals surface area contributed by atoms with E-state index in [1.807, 2.05) is 42.5 Å². The number of nitrogens with one attached hydrogen (secondary N) is 1. The lowest BCUT2D eigenvalue weighted by atomic mass is 10.1. The van der Waals surface area contributed by atoms with Crippen molar-refractivity contribution in [3.05, 3.63) is 59.7 Å². The van der Waals surface area contributed by atoms with Crippen LogP contribution in [0.5, 0.6) is 0 Å². The summed E-state index contributed by atoms with van der Waals surface area (Å²) in [6, 6.07) is 15.4. The van der Waals surface area contributed by atoms with Crippen LogP contribution >= 0.6 is 24.8 Å². The number of nitrogens with two attached hydrogens (primary N) is 1. The predicted octanol–water partition coefficient (Wildman–Crippen LogP) is 4.14. The van der Waals surface area contributed by atoms with Crippen molar-refractivity contribution in [3.63, 3.8) is 0 Å². The van der Waals surface area contributed by atoms with Crippen LogP contribution in [0.15, 0.2) is 48.5 Å². The molecule has 0 aliphatic carbocycles. The Morgan fingerprint density at radius 3 is 2.24 bits per heavy atom. The molecule has 0 aromatic heterocycles. The van der Waals surface area contributed by atoms with Crippen LogP contribution in [0.3, 0.4) is 0 Å². The van der Waals surface area contributed by atoms with E-state index >= 15 is 0 Å². The summed E-state index contributed by atoms with van der Waals surface area (Å²) in [5.41, 5.74) is 9.37. The van der Waals surface area contributed by atoms with E-state index in [-0.39, 0.29) is 30.7 Å². The highest BCUT2D eigenvalue weighted by molar-refractivity contribution is 5.92. The molecule has 2 aromatic carbocycles. The third-order valence-corrected chi connectivity index (χ3v) is 3.86. The molecular weight excluding hydrogens is 357 g/mol. The lowest BCUT2D eigenvalue weighted by molar-refractivity contribution is -0.115. The van der Waals surface area contributed by atoms with Crippen LogP contribution in [0.4, 0.5) is 11.4 Å². The Morgan fingerprint density at radius 2 is 1.64 bits per heavy atom. The number of amides is 1. The summed E-state index contributed by atoms with van der Waals surface area (Å²) in [5, 5.41) is 2.97. The van der Waals surface area contributed by atoms with Crippen molar-refractivity contribution in [3.8, 4) is 0 Å². The van der Waals surface area contributed by atoms with Gasteiger partial charge in [-0.3, -0.25) is 9.69 Å². The number of benzene rings is 2. The van der Waals surface area contributed by atoms with Gasteiger partial charge in [-0.15, -0.1) is 24.8 Å². The zero-order chi connectivity index (χ0) is 16.7. The third-order valence-electron chi connectivity index (χ3n) is 3.86. The fraction of sp³-hybridized carbons (Fsp3) is 0.316. The number of hydrogen-bond donors (Lipinski definition) is 2. The van der Waals surface area contributed by atoms with Crippen molar-refractivity contribution in [2.24, 2.45) is 0 Å². The minimum Gasteiger partial charge on any atom is -0.399 e. The summed E-state index contributed by atoms with van der Waals surface area (Å²) in [6.07, 6.45) is 0.348. The number of carbonyl (C=O) groups excluding carboxylic acids is 1. The highest BCUT2D eigenvalue weighted by Crippen LogP contribution is 2.14. The highest BCUT2D eigenvalue weighted by atomic mass is 35.5. The van der Waals surface area contributed by atoms with Crippen LogP contribution in [0.2, 0.25) is 0 Å². The summed E-state index contributed by atoms with van der Waals surface area (Å²) in [5.74, 6) is -0.0187. The van der Waals surface area contributed by atoms with Crippen molar-refractivity contribution in [1.29, 1.82) is 0 Å². The van der Waals surface area contributed by atoms with Gasteiger partial charge in [0.1, 0.15) is 0 Å². The first-order valence-corrected chi connectivity index (χ1v) is 8.06.